The fourth-order valence-electron chi connectivity index (χ4n) is 1.89. The number of hydrogen-bond donors (Lipinski definition) is 3. The maximum atomic E-state index is 12.1. The quantitative estimate of drug-likeness (QED) is 0.772. The molecule has 0 aliphatic carbocycles. The summed E-state index contributed by atoms with van der Waals surface area (Å²) in [6.45, 7) is 5.99. The molecule has 21 heavy (non-hydrogen) atoms. The van der Waals surface area contributed by atoms with E-state index in [0.29, 0.717) is 6.54 Å². The van der Waals surface area contributed by atoms with Crippen molar-refractivity contribution in [3.8, 4) is 0 Å². The Morgan fingerprint density at radius 3 is 1.90 bits per heavy atom. The zero-order valence-corrected chi connectivity index (χ0v) is 12.1. The molecule has 0 aromatic heterocycles. The number of anilines is 1. The molecule has 0 radical (unpaired) electrons. The molecule has 1 aromatic rings. The molecule has 0 atom stereocenters. The summed E-state index contributed by atoms with van der Waals surface area (Å²) in [7, 11) is 0. The van der Waals surface area contributed by atoms with E-state index in [-0.39, 0.29) is 22.9 Å². The topological polar surface area (TPSA) is 107 Å². The van der Waals surface area contributed by atoms with Crippen molar-refractivity contribution in [2.75, 3.05) is 11.9 Å². The summed E-state index contributed by atoms with van der Waals surface area (Å²) in [5, 5.41) is 20.5. The lowest BCUT2D eigenvalue weighted by molar-refractivity contribution is 0.0696. The molecule has 1 aromatic carbocycles. The van der Waals surface area contributed by atoms with Gasteiger partial charge in [-0.25, -0.2) is 14.4 Å². The SMILES string of the molecule is CCN(C(=O)Nc1cc(C(=O)O)cc(C(=O)O)c1)C(C)C. The largest absolute Gasteiger partial charge is 0.478 e. The minimum atomic E-state index is -1.26. The van der Waals surface area contributed by atoms with Crippen molar-refractivity contribution >= 4 is 23.7 Å². The van der Waals surface area contributed by atoms with Crippen LogP contribution in [0.4, 0.5) is 10.5 Å². The zero-order valence-electron chi connectivity index (χ0n) is 12.1. The van der Waals surface area contributed by atoms with Gasteiger partial charge in [0.1, 0.15) is 0 Å². The third kappa shape index (κ3) is 4.20. The van der Waals surface area contributed by atoms with Gasteiger partial charge in [0.25, 0.3) is 0 Å². The minimum absolute atomic E-state index is 0.0309. The third-order valence-corrected chi connectivity index (χ3v) is 2.90. The van der Waals surface area contributed by atoms with E-state index in [4.69, 9.17) is 10.2 Å². The predicted octanol–water partition coefficient (Wildman–Crippen LogP) is 2.35. The lowest BCUT2D eigenvalue weighted by Gasteiger charge is -2.25. The van der Waals surface area contributed by atoms with Crippen LogP contribution in [0.1, 0.15) is 41.5 Å². The Kier molecular flexibility index (Phi) is 5.29. The first-order valence-electron chi connectivity index (χ1n) is 6.45. The van der Waals surface area contributed by atoms with Crippen LogP contribution in [0.15, 0.2) is 18.2 Å². The van der Waals surface area contributed by atoms with Crippen LogP contribution in [0.3, 0.4) is 0 Å². The summed E-state index contributed by atoms with van der Waals surface area (Å²) < 4.78 is 0. The molecule has 0 unspecified atom stereocenters. The molecule has 7 nitrogen and oxygen atoms in total. The number of hydrogen-bond acceptors (Lipinski definition) is 3. The summed E-state index contributed by atoms with van der Waals surface area (Å²) in [6, 6.07) is 3.05. The fourth-order valence-corrected chi connectivity index (χ4v) is 1.89. The van der Waals surface area contributed by atoms with E-state index in [1.54, 1.807) is 0 Å². The number of nitrogens with zero attached hydrogens (tertiary/aromatic N) is 1. The summed E-state index contributed by atoms with van der Waals surface area (Å²) in [5.41, 5.74) is -0.257. The number of urea groups is 1. The molecule has 7 heteroatoms. The van der Waals surface area contributed by atoms with Crippen LogP contribution in [0.2, 0.25) is 0 Å². The first kappa shape index (κ1) is 16.5. The molecular weight excluding hydrogens is 276 g/mol. The van der Waals surface area contributed by atoms with Gasteiger partial charge in [-0.2, -0.15) is 0 Å². The molecule has 2 amide bonds. The highest BCUT2D eigenvalue weighted by Gasteiger charge is 2.17. The summed E-state index contributed by atoms with van der Waals surface area (Å²) in [4.78, 5) is 35.6. The molecule has 0 heterocycles. The van der Waals surface area contributed by atoms with E-state index in [0.717, 1.165) is 6.07 Å². The standard InChI is InChI=1S/C14H18N2O5/c1-4-16(8(2)3)14(21)15-11-6-9(12(17)18)5-10(7-11)13(19)20/h5-8H,4H2,1-3H3,(H,15,21)(H,17,18)(H,19,20). The van der Waals surface area contributed by atoms with Gasteiger partial charge in [0, 0.05) is 18.3 Å². The van der Waals surface area contributed by atoms with E-state index >= 15 is 0 Å². The molecular formula is C14H18N2O5. The van der Waals surface area contributed by atoms with Gasteiger partial charge in [0.2, 0.25) is 0 Å². The van der Waals surface area contributed by atoms with Crippen LogP contribution in [0.5, 0.6) is 0 Å². The van der Waals surface area contributed by atoms with E-state index < -0.39 is 18.0 Å². The summed E-state index contributed by atoms with van der Waals surface area (Å²) >= 11 is 0. The molecule has 0 spiro atoms. The molecule has 1 rings (SSSR count). The Labute approximate surface area is 122 Å². The number of nitrogens with one attached hydrogen (secondary N) is 1. The van der Waals surface area contributed by atoms with Crippen molar-refractivity contribution in [3.05, 3.63) is 29.3 Å². The molecule has 0 aliphatic rings. The van der Waals surface area contributed by atoms with Crippen molar-refractivity contribution < 1.29 is 24.6 Å². The molecule has 0 saturated heterocycles. The van der Waals surface area contributed by atoms with E-state index in [1.807, 2.05) is 20.8 Å². The number of aromatic carboxylic acids is 2. The maximum Gasteiger partial charge on any atom is 0.335 e. The Hall–Kier alpha value is -2.57. The van der Waals surface area contributed by atoms with Gasteiger partial charge in [-0.3, -0.25) is 0 Å². The Bertz CT molecular complexity index is 536. The van der Waals surface area contributed by atoms with E-state index in [2.05, 4.69) is 5.32 Å². The molecule has 114 valence electrons. The highest BCUT2D eigenvalue weighted by atomic mass is 16.4. The van der Waals surface area contributed by atoms with Gasteiger partial charge < -0.3 is 20.4 Å². The van der Waals surface area contributed by atoms with Crippen molar-refractivity contribution in [2.45, 2.75) is 26.8 Å². The van der Waals surface area contributed by atoms with Gasteiger partial charge in [-0.15, -0.1) is 0 Å². The monoisotopic (exact) mass is 294 g/mol. The van der Waals surface area contributed by atoms with Crippen molar-refractivity contribution in [1.29, 1.82) is 0 Å². The lowest BCUT2D eigenvalue weighted by atomic mass is 10.1. The second-order valence-electron chi connectivity index (χ2n) is 4.72. The highest BCUT2D eigenvalue weighted by Crippen LogP contribution is 2.16. The molecule has 0 aliphatic heterocycles. The normalized spacial score (nSPS) is 10.3. The molecule has 0 fully saturated rings. The number of rotatable bonds is 5. The lowest BCUT2D eigenvalue weighted by Crippen LogP contribution is -2.39. The van der Waals surface area contributed by atoms with Gasteiger partial charge in [-0.05, 0) is 39.0 Å². The van der Waals surface area contributed by atoms with Crippen LogP contribution in [-0.4, -0.2) is 45.7 Å². The van der Waals surface area contributed by atoms with Crippen LogP contribution >= 0.6 is 0 Å². The number of carboxylic acids is 2. The first-order valence-corrected chi connectivity index (χ1v) is 6.45. The van der Waals surface area contributed by atoms with Crippen molar-refractivity contribution in [1.82, 2.24) is 4.90 Å². The predicted molar refractivity (Wildman–Crippen MR) is 76.9 cm³/mol. The molecule has 0 bridgehead atoms. The van der Waals surface area contributed by atoms with Crippen LogP contribution in [0.25, 0.3) is 0 Å². The van der Waals surface area contributed by atoms with Gasteiger partial charge in [0.15, 0.2) is 0 Å². The second kappa shape index (κ2) is 6.74. The Balaban J connectivity index is 3.10. The molecule has 0 saturated carbocycles. The number of carbonyl (C=O) groups is 3. The number of benzene rings is 1. The maximum absolute atomic E-state index is 12.1. The number of carbonyl (C=O) groups excluding carboxylic acids is 1. The Morgan fingerprint density at radius 1 is 1.10 bits per heavy atom. The fraction of sp³-hybridized carbons (Fsp3) is 0.357. The van der Waals surface area contributed by atoms with Gasteiger partial charge >= 0.3 is 18.0 Å². The number of amides is 2. The average molecular weight is 294 g/mol. The minimum Gasteiger partial charge on any atom is -0.478 e. The zero-order chi connectivity index (χ0) is 16.2. The number of carboxylic acid groups (broad SMARTS) is 2. The Morgan fingerprint density at radius 2 is 1.57 bits per heavy atom. The second-order valence-corrected chi connectivity index (χ2v) is 4.72. The highest BCUT2D eigenvalue weighted by molar-refractivity contribution is 5.98. The first-order chi connectivity index (χ1) is 9.76. The molecule has 3 N–H and O–H groups in total. The average Bonchev–Trinajstić information content (AvgIpc) is 2.38. The summed E-state index contributed by atoms with van der Waals surface area (Å²) in [6.07, 6.45) is 0. The van der Waals surface area contributed by atoms with Crippen molar-refractivity contribution in [3.63, 3.8) is 0 Å². The third-order valence-electron chi connectivity index (χ3n) is 2.90. The van der Waals surface area contributed by atoms with Crippen LogP contribution in [-0.2, 0) is 0 Å². The van der Waals surface area contributed by atoms with Gasteiger partial charge in [-0.1, -0.05) is 0 Å². The summed E-state index contributed by atoms with van der Waals surface area (Å²) in [5.74, 6) is -2.52. The van der Waals surface area contributed by atoms with Crippen molar-refractivity contribution in [2.24, 2.45) is 0 Å². The van der Waals surface area contributed by atoms with E-state index in [1.165, 1.54) is 17.0 Å². The smallest absolute Gasteiger partial charge is 0.335 e. The van der Waals surface area contributed by atoms with Gasteiger partial charge in [0.05, 0.1) is 11.1 Å². The van der Waals surface area contributed by atoms with Crippen LogP contribution in [0, 0.1) is 0 Å². The van der Waals surface area contributed by atoms with E-state index in [9.17, 15) is 14.4 Å². The van der Waals surface area contributed by atoms with Crippen LogP contribution < -0.4 is 5.32 Å².